The van der Waals surface area contributed by atoms with Gasteiger partial charge in [0.1, 0.15) is 11.6 Å². The summed E-state index contributed by atoms with van der Waals surface area (Å²) in [7, 11) is 0. The lowest BCUT2D eigenvalue weighted by Gasteiger charge is -2.21. The summed E-state index contributed by atoms with van der Waals surface area (Å²) in [6, 6.07) is -0.887. The van der Waals surface area contributed by atoms with E-state index in [1.807, 2.05) is 6.26 Å². The molecule has 0 aromatic rings. The number of aliphatic carboxylic acids is 1. The highest BCUT2D eigenvalue weighted by molar-refractivity contribution is 7.98. The van der Waals surface area contributed by atoms with Gasteiger partial charge in [0.15, 0.2) is 0 Å². The predicted octanol–water partition coefficient (Wildman–Crippen LogP) is 1.72. The van der Waals surface area contributed by atoms with E-state index in [1.54, 1.807) is 20.8 Å². The molecule has 16 heavy (non-hydrogen) atoms. The van der Waals surface area contributed by atoms with Crippen LogP contribution in [0.3, 0.4) is 0 Å². The molecule has 0 bridgehead atoms. The van der Waals surface area contributed by atoms with E-state index in [4.69, 9.17) is 9.84 Å². The maximum atomic E-state index is 11.3. The zero-order valence-electron chi connectivity index (χ0n) is 10.1. The molecule has 94 valence electrons. The van der Waals surface area contributed by atoms with Crippen LogP contribution in [0, 0.1) is 0 Å². The van der Waals surface area contributed by atoms with Gasteiger partial charge in [-0.05, 0) is 39.2 Å². The quantitative estimate of drug-likeness (QED) is 0.727. The summed E-state index contributed by atoms with van der Waals surface area (Å²) in [5, 5.41) is 11.2. The van der Waals surface area contributed by atoms with Crippen molar-refractivity contribution in [3.63, 3.8) is 0 Å². The van der Waals surface area contributed by atoms with E-state index in [0.717, 1.165) is 0 Å². The van der Waals surface area contributed by atoms with Crippen LogP contribution < -0.4 is 5.32 Å². The zero-order chi connectivity index (χ0) is 12.8. The summed E-state index contributed by atoms with van der Waals surface area (Å²) < 4.78 is 4.98. The van der Waals surface area contributed by atoms with E-state index in [2.05, 4.69) is 5.32 Å². The Bertz CT molecular complexity index is 250. The fraction of sp³-hybridized carbons (Fsp3) is 0.800. The van der Waals surface area contributed by atoms with E-state index in [9.17, 15) is 9.59 Å². The van der Waals surface area contributed by atoms with Gasteiger partial charge in [-0.2, -0.15) is 11.8 Å². The highest BCUT2D eigenvalue weighted by Crippen LogP contribution is 2.08. The van der Waals surface area contributed by atoms with E-state index in [-0.39, 0.29) is 0 Å². The Kier molecular flexibility index (Phi) is 6.25. The predicted molar refractivity (Wildman–Crippen MR) is 63.8 cm³/mol. The van der Waals surface area contributed by atoms with E-state index >= 15 is 0 Å². The Hall–Kier alpha value is -0.910. The van der Waals surface area contributed by atoms with Crippen LogP contribution in [0.25, 0.3) is 0 Å². The van der Waals surface area contributed by atoms with Gasteiger partial charge < -0.3 is 15.2 Å². The molecule has 0 heterocycles. The van der Waals surface area contributed by atoms with Crippen molar-refractivity contribution in [3.05, 3.63) is 0 Å². The number of amides is 1. The van der Waals surface area contributed by atoms with Crippen molar-refractivity contribution in [3.8, 4) is 0 Å². The number of carboxylic acids is 1. The summed E-state index contributed by atoms with van der Waals surface area (Å²) in [6.07, 6.45) is 1.57. The highest BCUT2D eigenvalue weighted by atomic mass is 32.2. The Morgan fingerprint density at radius 3 is 2.38 bits per heavy atom. The van der Waals surface area contributed by atoms with Gasteiger partial charge in [0.05, 0.1) is 0 Å². The molecule has 6 heteroatoms. The number of carbonyl (C=O) groups is 2. The molecule has 0 radical (unpaired) electrons. The average Bonchev–Trinajstić information content (AvgIpc) is 2.08. The maximum Gasteiger partial charge on any atom is 0.408 e. The lowest BCUT2D eigenvalue weighted by atomic mass is 10.2. The Morgan fingerprint density at radius 1 is 1.44 bits per heavy atom. The van der Waals surface area contributed by atoms with Crippen LogP contribution in [0.1, 0.15) is 27.2 Å². The van der Waals surface area contributed by atoms with E-state index < -0.39 is 23.7 Å². The molecular formula is C10H19NO4S. The summed E-state index contributed by atoms with van der Waals surface area (Å²) in [6.45, 7) is 5.18. The standard InChI is InChI=1S/C10H19NO4S/c1-10(2,3)15-9(14)11-7(8(12)13)5-6-16-4/h7H,5-6H2,1-4H3,(H,11,14)(H,12,13)/t7-/m0/s1/i4+1. The number of thioether (sulfide) groups is 1. The van der Waals surface area contributed by atoms with Crippen LogP contribution in [0.2, 0.25) is 0 Å². The summed E-state index contributed by atoms with van der Waals surface area (Å²) in [5.41, 5.74) is -0.618. The zero-order valence-corrected chi connectivity index (χ0v) is 10.9. The van der Waals surface area contributed by atoms with Gasteiger partial charge in [0.2, 0.25) is 0 Å². The first-order chi connectivity index (χ1) is 7.26. The number of hydrogen-bond donors (Lipinski definition) is 2. The molecule has 0 spiro atoms. The van der Waals surface area contributed by atoms with Crippen LogP contribution in [0.15, 0.2) is 0 Å². The number of carboxylic acid groups (broad SMARTS) is 1. The number of alkyl carbamates (subject to hydrolysis) is 1. The largest absolute Gasteiger partial charge is 0.480 e. The first kappa shape index (κ1) is 15.1. The fourth-order valence-corrected chi connectivity index (χ4v) is 1.41. The molecule has 0 rings (SSSR count). The highest BCUT2D eigenvalue weighted by Gasteiger charge is 2.23. The number of hydrogen-bond acceptors (Lipinski definition) is 4. The normalized spacial score (nSPS) is 13.0. The second-order valence-corrected chi connectivity index (χ2v) is 5.30. The van der Waals surface area contributed by atoms with Gasteiger partial charge in [0.25, 0.3) is 0 Å². The number of carbonyl (C=O) groups excluding carboxylic acids is 1. The number of nitrogens with one attached hydrogen (secondary N) is 1. The van der Waals surface area contributed by atoms with Crippen molar-refractivity contribution >= 4 is 23.8 Å². The summed E-state index contributed by atoms with van der Waals surface area (Å²) in [4.78, 5) is 22.2. The van der Waals surface area contributed by atoms with Gasteiger partial charge in [-0.15, -0.1) is 0 Å². The lowest BCUT2D eigenvalue weighted by molar-refractivity contribution is -0.139. The molecule has 1 atom stereocenters. The molecule has 0 unspecified atom stereocenters. The molecule has 0 aliphatic rings. The molecule has 0 aliphatic heterocycles. The smallest absolute Gasteiger partial charge is 0.408 e. The fourth-order valence-electron chi connectivity index (χ4n) is 0.943. The molecule has 0 aliphatic carbocycles. The molecule has 0 fully saturated rings. The van der Waals surface area contributed by atoms with Crippen LogP contribution in [0.4, 0.5) is 4.79 Å². The van der Waals surface area contributed by atoms with Gasteiger partial charge in [-0.25, -0.2) is 9.59 Å². The summed E-state index contributed by atoms with van der Waals surface area (Å²) in [5.74, 6) is -0.368. The van der Waals surface area contributed by atoms with Crippen LogP contribution in [-0.4, -0.2) is 40.8 Å². The lowest BCUT2D eigenvalue weighted by Crippen LogP contribution is -2.43. The second kappa shape index (κ2) is 6.62. The number of ether oxygens (including phenoxy) is 1. The molecule has 0 saturated carbocycles. The van der Waals surface area contributed by atoms with Crippen molar-refractivity contribution < 1.29 is 19.4 Å². The van der Waals surface area contributed by atoms with Crippen molar-refractivity contribution in [1.29, 1.82) is 0 Å². The van der Waals surface area contributed by atoms with Gasteiger partial charge >= 0.3 is 12.1 Å². The van der Waals surface area contributed by atoms with E-state index in [0.29, 0.717) is 12.2 Å². The topological polar surface area (TPSA) is 75.6 Å². The van der Waals surface area contributed by atoms with Gasteiger partial charge in [-0.1, -0.05) is 0 Å². The first-order valence-electron chi connectivity index (χ1n) is 4.97. The monoisotopic (exact) mass is 250 g/mol. The SMILES string of the molecule is CC(C)(C)OC(=O)N[C@@H](CCS[13CH3])C(=O)O. The molecule has 0 aromatic heterocycles. The van der Waals surface area contributed by atoms with E-state index in [1.165, 1.54) is 11.8 Å². The molecular weight excluding hydrogens is 231 g/mol. The Balaban J connectivity index is 4.19. The minimum absolute atomic E-state index is 0.385. The number of rotatable bonds is 5. The maximum absolute atomic E-state index is 11.3. The Morgan fingerprint density at radius 2 is 2.00 bits per heavy atom. The van der Waals surface area contributed by atoms with Crippen LogP contribution >= 0.6 is 11.8 Å². The van der Waals surface area contributed by atoms with Gasteiger partial charge in [-0.3, -0.25) is 0 Å². The van der Waals surface area contributed by atoms with Crippen molar-refractivity contribution in [1.82, 2.24) is 5.32 Å². The van der Waals surface area contributed by atoms with Crippen LogP contribution in [-0.2, 0) is 9.53 Å². The van der Waals surface area contributed by atoms with Crippen LogP contribution in [0.5, 0.6) is 0 Å². The minimum atomic E-state index is -1.04. The third-order valence-electron chi connectivity index (χ3n) is 1.60. The molecule has 1 amide bonds. The summed E-state index contributed by atoms with van der Waals surface area (Å²) >= 11 is 1.53. The Labute approximate surface area is 99.9 Å². The molecule has 2 N–H and O–H groups in total. The van der Waals surface area contributed by atoms with Gasteiger partial charge in [0, 0.05) is 0 Å². The average molecular weight is 250 g/mol. The first-order valence-corrected chi connectivity index (χ1v) is 6.37. The minimum Gasteiger partial charge on any atom is -0.480 e. The van der Waals surface area contributed by atoms with Crippen molar-refractivity contribution in [2.24, 2.45) is 0 Å². The third-order valence-corrected chi connectivity index (χ3v) is 2.24. The molecule has 0 aromatic carbocycles. The van der Waals surface area contributed by atoms with Crippen molar-refractivity contribution in [2.75, 3.05) is 12.0 Å². The third kappa shape index (κ3) is 7.39. The molecule has 0 saturated heterocycles. The second-order valence-electron chi connectivity index (χ2n) is 4.32. The molecule has 5 nitrogen and oxygen atoms in total. The van der Waals surface area contributed by atoms with Crippen molar-refractivity contribution in [2.45, 2.75) is 38.8 Å².